The molecule has 1 aromatic rings. The van der Waals surface area contributed by atoms with E-state index in [4.69, 9.17) is 28.3 Å². The number of Topliss-reactive ketones (excluding diaryl/α,β-unsaturated/α-hetero) is 1. The molecule has 0 saturated carbocycles. The molecule has 2 aliphatic rings. The average molecular weight is 414 g/mol. The standard InChI is InChI=1S/C19H25Cl2N3O3/c20-15-4-3-14(11-16(15)21)12-17(25)19(23-5-1-2-6-23)24-9-7-22(8-10-24)13-18(26)27/h3-4,11,19H,1-2,5-10,12-13H2,(H,26,27). The number of benzene rings is 1. The molecule has 0 radical (unpaired) electrons. The van der Waals surface area contributed by atoms with Crippen LogP contribution in [0.4, 0.5) is 0 Å². The van der Waals surface area contributed by atoms with Crippen molar-refractivity contribution < 1.29 is 14.7 Å². The Labute approximate surface area is 169 Å². The van der Waals surface area contributed by atoms with E-state index in [1.807, 2.05) is 11.0 Å². The zero-order chi connectivity index (χ0) is 19.4. The summed E-state index contributed by atoms with van der Waals surface area (Å²) in [5.41, 5.74) is 0.864. The lowest BCUT2D eigenvalue weighted by molar-refractivity contribution is -0.140. The lowest BCUT2D eigenvalue weighted by atomic mass is 10.1. The van der Waals surface area contributed by atoms with Crippen LogP contribution in [0.1, 0.15) is 18.4 Å². The molecule has 0 spiro atoms. The van der Waals surface area contributed by atoms with Crippen molar-refractivity contribution >= 4 is 35.0 Å². The second kappa shape index (κ2) is 9.34. The van der Waals surface area contributed by atoms with Gasteiger partial charge in [0.1, 0.15) is 6.17 Å². The van der Waals surface area contributed by atoms with Crippen LogP contribution in [-0.4, -0.2) is 83.5 Å². The van der Waals surface area contributed by atoms with Crippen molar-refractivity contribution in [1.82, 2.24) is 14.7 Å². The van der Waals surface area contributed by atoms with Crippen LogP contribution in [0.5, 0.6) is 0 Å². The van der Waals surface area contributed by atoms with Crippen molar-refractivity contribution in [2.75, 3.05) is 45.8 Å². The van der Waals surface area contributed by atoms with Gasteiger partial charge in [0.2, 0.25) is 0 Å². The Balaban J connectivity index is 1.68. The van der Waals surface area contributed by atoms with Gasteiger partial charge in [-0.25, -0.2) is 0 Å². The topological polar surface area (TPSA) is 64.1 Å². The third-order valence-electron chi connectivity index (χ3n) is 5.25. The van der Waals surface area contributed by atoms with Crippen molar-refractivity contribution in [2.24, 2.45) is 0 Å². The summed E-state index contributed by atoms with van der Waals surface area (Å²) in [5, 5.41) is 9.91. The predicted octanol–water partition coefficient (Wildman–Crippen LogP) is 2.23. The molecule has 148 valence electrons. The number of hydrogen-bond acceptors (Lipinski definition) is 5. The van der Waals surface area contributed by atoms with Crippen molar-refractivity contribution in [3.8, 4) is 0 Å². The number of rotatable bonds is 7. The molecule has 1 N–H and O–H groups in total. The molecule has 1 aromatic carbocycles. The van der Waals surface area contributed by atoms with E-state index in [0.717, 1.165) is 31.5 Å². The number of nitrogens with zero attached hydrogens (tertiary/aromatic N) is 3. The van der Waals surface area contributed by atoms with Gasteiger partial charge < -0.3 is 5.11 Å². The fourth-order valence-electron chi connectivity index (χ4n) is 3.92. The summed E-state index contributed by atoms with van der Waals surface area (Å²) in [6.45, 7) is 4.62. The molecule has 2 saturated heterocycles. The summed E-state index contributed by atoms with van der Waals surface area (Å²) in [5.74, 6) is -0.655. The first-order valence-electron chi connectivity index (χ1n) is 9.33. The van der Waals surface area contributed by atoms with E-state index in [2.05, 4.69) is 9.80 Å². The van der Waals surface area contributed by atoms with Gasteiger partial charge in [0, 0.05) is 45.7 Å². The van der Waals surface area contributed by atoms with E-state index in [0.29, 0.717) is 42.6 Å². The van der Waals surface area contributed by atoms with Crippen LogP contribution in [0.15, 0.2) is 18.2 Å². The summed E-state index contributed by atoms with van der Waals surface area (Å²) in [7, 11) is 0. The molecule has 0 bridgehead atoms. The zero-order valence-corrected chi connectivity index (χ0v) is 16.8. The van der Waals surface area contributed by atoms with Crippen LogP contribution in [0.2, 0.25) is 10.0 Å². The molecule has 6 nitrogen and oxygen atoms in total. The van der Waals surface area contributed by atoms with Gasteiger partial charge in [0.25, 0.3) is 0 Å². The molecular weight excluding hydrogens is 389 g/mol. The first kappa shape index (κ1) is 20.6. The molecule has 1 atom stereocenters. The maximum atomic E-state index is 13.2. The molecule has 1 unspecified atom stereocenters. The van der Waals surface area contributed by atoms with Gasteiger partial charge in [0.05, 0.1) is 16.6 Å². The van der Waals surface area contributed by atoms with E-state index in [-0.39, 0.29) is 18.5 Å². The van der Waals surface area contributed by atoms with Crippen LogP contribution in [-0.2, 0) is 16.0 Å². The molecule has 0 aromatic heterocycles. The quantitative estimate of drug-likeness (QED) is 0.739. The number of halogens is 2. The molecule has 27 heavy (non-hydrogen) atoms. The first-order valence-corrected chi connectivity index (χ1v) is 10.1. The van der Waals surface area contributed by atoms with Gasteiger partial charge >= 0.3 is 5.97 Å². The number of carbonyl (C=O) groups is 2. The van der Waals surface area contributed by atoms with Gasteiger partial charge in [0.15, 0.2) is 5.78 Å². The van der Waals surface area contributed by atoms with Gasteiger partial charge in [-0.15, -0.1) is 0 Å². The highest BCUT2D eigenvalue weighted by Gasteiger charge is 2.35. The third-order valence-corrected chi connectivity index (χ3v) is 5.99. The maximum absolute atomic E-state index is 13.2. The molecule has 0 amide bonds. The number of carboxylic acid groups (broad SMARTS) is 1. The molecule has 2 aliphatic heterocycles. The number of piperazine rings is 1. The van der Waals surface area contributed by atoms with E-state index in [9.17, 15) is 9.59 Å². The number of ketones is 1. The van der Waals surface area contributed by atoms with Gasteiger partial charge in [-0.2, -0.15) is 0 Å². The van der Waals surface area contributed by atoms with Gasteiger partial charge in [-0.3, -0.25) is 24.3 Å². The summed E-state index contributed by atoms with van der Waals surface area (Å²) in [4.78, 5) is 30.5. The summed E-state index contributed by atoms with van der Waals surface area (Å²) < 4.78 is 0. The largest absolute Gasteiger partial charge is 0.480 e. The van der Waals surface area contributed by atoms with E-state index in [1.165, 1.54) is 0 Å². The van der Waals surface area contributed by atoms with E-state index < -0.39 is 5.97 Å². The van der Waals surface area contributed by atoms with Crippen LogP contribution in [0.25, 0.3) is 0 Å². The minimum atomic E-state index is -0.810. The van der Waals surface area contributed by atoms with Crippen LogP contribution < -0.4 is 0 Å². The minimum absolute atomic E-state index is 0.0550. The van der Waals surface area contributed by atoms with Crippen molar-refractivity contribution in [2.45, 2.75) is 25.4 Å². The number of likely N-dealkylation sites (tertiary alicyclic amines) is 1. The zero-order valence-electron chi connectivity index (χ0n) is 15.2. The third kappa shape index (κ3) is 5.42. The lowest BCUT2D eigenvalue weighted by Gasteiger charge is -2.41. The fourth-order valence-corrected chi connectivity index (χ4v) is 4.24. The highest BCUT2D eigenvalue weighted by atomic mass is 35.5. The SMILES string of the molecule is O=C(O)CN1CCN(C(C(=O)Cc2ccc(Cl)c(Cl)c2)N2CCCC2)CC1. The Morgan fingerprint density at radius 1 is 0.963 bits per heavy atom. The second-order valence-corrected chi connectivity index (χ2v) is 8.03. The minimum Gasteiger partial charge on any atom is -0.480 e. The molecule has 8 heteroatoms. The second-order valence-electron chi connectivity index (χ2n) is 7.21. The van der Waals surface area contributed by atoms with Crippen LogP contribution >= 0.6 is 23.2 Å². The smallest absolute Gasteiger partial charge is 0.317 e. The van der Waals surface area contributed by atoms with Gasteiger partial charge in [-0.1, -0.05) is 29.3 Å². The van der Waals surface area contributed by atoms with E-state index >= 15 is 0 Å². The monoisotopic (exact) mass is 413 g/mol. The number of carboxylic acids is 1. The number of aliphatic carboxylic acids is 1. The molecule has 3 rings (SSSR count). The Kier molecular flexibility index (Phi) is 7.11. The average Bonchev–Trinajstić information content (AvgIpc) is 3.13. The highest BCUT2D eigenvalue weighted by Crippen LogP contribution is 2.24. The van der Waals surface area contributed by atoms with Crippen molar-refractivity contribution in [3.05, 3.63) is 33.8 Å². The number of carbonyl (C=O) groups excluding carboxylic acids is 1. The van der Waals surface area contributed by atoms with Crippen LogP contribution in [0.3, 0.4) is 0 Å². The summed E-state index contributed by atoms with van der Waals surface area (Å²) in [6.07, 6.45) is 2.27. The first-order chi connectivity index (χ1) is 12.9. The highest BCUT2D eigenvalue weighted by molar-refractivity contribution is 6.42. The van der Waals surface area contributed by atoms with Crippen LogP contribution in [0, 0.1) is 0 Å². The Bertz CT molecular complexity index is 687. The lowest BCUT2D eigenvalue weighted by Crippen LogP contribution is -2.59. The normalized spacial score (nSPS) is 20.7. The van der Waals surface area contributed by atoms with E-state index in [1.54, 1.807) is 12.1 Å². The van der Waals surface area contributed by atoms with Gasteiger partial charge in [-0.05, 0) is 30.5 Å². The van der Waals surface area contributed by atoms with Crippen molar-refractivity contribution in [1.29, 1.82) is 0 Å². The predicted molar refractivity (Wildman–Crippen MR) is 105 cm³/mol. The van der Waals surface area contributed by atoms with Crippen molar-refractivity contribution in [3.63, 3.8) is 0 Å². The molecule has 2 heterocycles. The molecule has 2 fully saturated rings. The fraction of sp³-hybridized carbons (Fsp3) is 0.579. The maximum Gasteiger partial charge on any atom is 0.317 e. The summed E-state index contributed by atoms with van der Waals surface area (Å²) >= 11 is 12.1. The Morgan fingerprint density at radius 2 is 1.59 bits per heavy atom. The molecule has 0 aliphatic carbocycles. The Hall–Kier alpha value is -1.18. The Morgan fingerprint density at radius 3 is 2.19 bits per heavy atom. The molecular formula is C19H25Cl2N3O3. The summed E-state index contributed by atoms with van der Waals surface area (Å²) in [6, 6.07) is 5.33. The number of hydrogen-bond donors (Lipinski definition) is 1.